The van der Waals surface area contributed by atoms with Crippen molar-refractivity contribution in [1.82, 2.24) is 14.8 Å². The fourth-order valence-corrected chi connectivity index (χ4v) is 3.79. The first kappa shape index (κ1) is 20.8. The third kappa shape index (κ3) is 5.54. The minimum atomic E-state index is -0.239. The minimum Gasteiger partial charge on any atom is -0.497 e. The van der Waals surface area contributed by atoms with E-state index in [1.165, 1.54) is 18.3 Å². The average molecular weight is 417 g/mol. The molecule has 0 unspecified atom stereocenters. The highest BCUT2D eigenvalue weighted by Gasteiger charge is 2.22. The molecule has 0 spiro atoms. The highest BCUT2D eigenvalue weighted by molar-refractivity contribution is 7.14. The molecule has 1 fully saturated rings. The molecule has 9 heteroatoms. The van der Waals surface area contributed by atoms with Crippen LogP contribution in [0.5, 0.6) is 5.75 Å². The van der Waals surface area contributed by atoms with Crippen LogP contribution in [0.4, 0.5) is 5.13 Å². The Morgan fingerprint density at radius 1 is 1.07 bits per heavy atom. The number of ether oxygens (including phenoxy) is 1. The number of aromatic nitrogens is 1. The maximum atomic E-state index is 12.3. The number of hydrogen-bond acceptors (Lipinski definition) is 6. The molecule has 3 amide bonds. The number of amides is 3. The number of nitrogens with zero attached hydrogens (tertiary/aromatic N) is 3. The van der Waals surface area contributed by atoms with Crippen molar-refractivity contribution in [3.05, 3.63) is 29.6 Å². The van der Waals surface area contributed by atoms with Crippen molar-refractivity contribution >= 4 is 34.2 Å². The second-order valence-electron chi connectivity index (χ2n) is 6.70. The molecular weight excluding hydrogens is 392 g/mol. The van der Waals surface area contributed by atoms with Crippen molar-refractivity contribution in [2.45, 2.75) is 19.8 Å². The van der Waals surface area contributed by atoms with E-state index in [0.29, 0.717) is 31.3 Å². The fourth-order valence-electron chi connectivity index (χ4n) is 3.06. The van der Waals surface area contributed by atoms with Crippen LogP contribution in [0.2, 0.25) is 0 Å². The second-order valence-corrected chi connectivity index (χ2v) is 7.56. The lowest BCUT2D eigenvalue weighted by Gasteiger charge is -2.34. The summed E-state index contributed by atoms with van der Waals surface area (Å²) < 4.78 is 5.15. The molecule has 1 aromatic heterocycles. The first-order chi connectivity index (χ1) is 14.0. The number of anilines is 1. The van der Waals surface area contributed by atoms with E-state index in [9.17, 15) is 14.4 Å². The van der Waals surface area contributed by atoms with Crippen LogP contribution in [0, 0.1) is 0 Å². The van der Waals surface area contributed by atoms with Crippen LogP contribution in [0.3, 0.4) is 0 Å². The van der Waals surface area contributed by atoms with Crippen LogP contribution in [0.1, 0.15) is 19.8 Å². The Morgan fingerprint density at radius 3 is 2.34 bits per heavy atom. The molecule has 154 valence electrons. The largest absolute Gasteiger partial charge is 0.497 e. The molecule has 2 aromatic rings. The van der Waals surface area contributed by atoms with Gasteiger partial charge < -0.3 is 19.9 Å². The van der Waals surface area contributed by atoms with Gasteiger partial charge in [-0.3, -0.25) is 14.4 Å². The molecule has 8 nitrogen and oxygen atoms in total. The van der Waals surface area contributed by atoms with Gasteiger partial charge in [-0.25, -0.2) is 4.98 Å². The summed E-state index contributed by atoms with van der Waals surface area (Å²) in [7, 11) is 1.61. The first-order valence-corrected chi connectivity index (χ1v) is 10.3. The lowest BCUT2D eigenvalue weighted by atomic mass is 10.2. The Balaban J connectivity index is 1.45. The van der Waals surface area contributed by atoms with Crippen molar-refractivity contribution in [3.63, 3.8) is 0 Å². The topological polar surface area (TPSA) is 91.8 Å². The number of carbonyl (C=O) groups excluding carboxylic acids is 3. The zero-order valence-electron chi connectivity index (χ0n) is 16.5. The van der Waals surface area contributed by atoms with E-state index >= 15 is 0 Å². The Kier molecular flexibility index (Phi) is 6.82. The molecule has 1 N–H and O–H groups in total. The predicted molar refractivity (Wildman–Crippen MR) is 111 cm³/mol. The number of thiazole rings is 1. The summed E-state index contributed by atoms with van der Waals surface area (Å²) in [5, 5.41) is 5.13. The summed E-state index contributed by atoms with van der Waals surface area (Å²) in [4.78, 5) is 43.7. The number of benzene rings is 1. The van der Waals surface area contributed by atoms with Crippen LogP contribution in [0.25, 0.3) is 11.3 Å². The summed E-state index contributed by atoms with van der Waals surface area (Å²) in [6.07, 6.45) is 0.242. The van der Waals surface area contributed by atoms with Crippen LogP contribution in [0.15, 0.2) is 29.6 Å². The second kappa shape index (κ2) is 9.51. The van der Waals surface area contributed by atoms with Gasteiger partial charge in [-0.05, 0) is 24.3 Å². The standard InChI is InChI=1S/C20H24N4O4S/c1-14(25)23-9-11-24(12-10-23)19(27)8-7-18(26)22-20-21-17(13-29-20)15-3-5-16(28-2)6-4-15/h3-6,13H,7-12H2,1-2H3,(H,21,22,26). The molecule has 1 aliphatic heterocycles. The Labute approximate surface area is 173 Å². The lowest BCUT2D eigenvalue weighted by Crippen LogP contribution is -2.50. The number of rotatable bonds is 6. The summed E-state index contributed by atoms with van der Waals surface area (Å²) in [5.41, 5.74) is 1.70. The van der Waals surface area contributed by atoms with Gasteiger partial charge in [0.1, 0.15) is 5.75 Å². The van der Waals surface area contributed by atoms with Crippen molar-refractivity contribution < 1.29 is 19.1 Å². The molecule has 1 aliphatic rings. The third-order valence-corrected chi connectivity index (χ3v) is 5.54. The van der Waals surface area contributed by atoms with Crippen molar-refractivity contribution in [2.75, 3.05) is 38.6 Å². The van der Waals surface area contributed by atoms with E-state index in [0.717, 1.165) is 17.0 Å². The minimum absolute atomic E-state index is 0.0222. The maximum absolute atomic E-state index is 12.3. The van der Waals surface area contributed by atoms with Crippen LogP contribution < -0.4 is 10.1 Å². The quantitative estimate of drug-likeness (QED) is 0.780. The van der Waals surface area contributed by atoms with Gasteiger partial charge in [0.2, 0.25) is 17.7 Å². The number of carbonyl (C=O) groups is 3. The first-order valence-electron chi connectivity index (χ1n) is 9.39. The molecule has 0 radical (unpaired) electrons. The Bertz CT molecular complexity index is 873. The third-order valence-electron chi connectivity index (χ3n) is 4.78. The van der Waals surface area contributed by atoms with Crippen molar-refractivity contribution in [3.8, 4) is 17.0 Å². The molecule has 0 aliphatic carbocycles. The van der Waals surface area contributed by atoms with Crippen molar-refractivity contribution in [1.29, 1.82) is 0 Å². The molecule has 29 heavy (non-hydrogen) atoms. The van der Waals surface area contributed by atoms with E-state index in [1.807, 2.05) is 29.6 Å². The van der Waals surface area contributed by atoms with Crippen molar-refractivity contribution in [2.24, 2.45) is 0 Å². The van der Waals surface area contributed by atoms with Gasteiger partial charge in [0, 0.05) is 56.9 Å². The SMILES string of the molecule is COc1ccc(-c2csc(NC(=O)CCC(=O)N3CCN(C(C)=O)CC3)n2)cc1. The predicted octanol–water partition coefficient (Wildman–Crippen LogP) is 2.23. The lowest BCUT2D eigenvalue weighted by molar-refractivity contribution is -0.138. The normalized spacial score (nSPS) is 13.9. The van der Waals surface area contributed by atoms with Crippen LogP contribution >= 0.6 is 11.3 Å². The summed E-state index contributed by atoms with van der Waals surface area (Å²) >= 11 is 1.34. The summed E-state index contributed by atoms with van der Waals surface area (Å²) in [5.74, 6) is 0.483. The smallest absolute Gasteiger partial charge is 0.226 e. The summed E-state index contributed by atoms with van der Waals surface area (Å²) in [6.45, 7) is 3.64. The van der Waals surface area contributed by atoms with Gasteiger partial charge in [0.05, 0.1) is 12.8 Å². The van der Waals surface area contributed by atoms with Gasteiger partial charge in [-0.2, -0.15) is 0 Å². The van der Waals surface area contributed by atoms with Gasteiger partial charge >= 0.3 is 0 Å². The molecular formula is C20H24N4O4S. The van der Waals surface area contributed by atoms with Gasteiger partial charge in [0.25, 0.3) is 0 Å². The average Bonchev–Trinajstić information content (AvgIpc) is 3.20. The molecule has 0 bridgehead atoms. The highest BCUT2D eigenvalue weighted by Crippen LogP contribution is 2.26. The van der Waals surface area contributed by atoms with Gasteiger partial charge in [-0.15, -0.1) is 11.3 Å². The van der Waals surface area contributed by atoms with Gasteiger partial charge in [-0.1, -0.05) is 0 Å². The van der Waals surface area contributed by atoms with E-state index < -0.39 is 0 Å². The maximum Gasteiger partial charge on any atom is 0.226 e. The Hall–Kier alpha value is -2.94. The van der Waals surface area contributed by atoms with E-state index in [4.69, 9.17) is 4.74 Å². The monoisotopic (exact) mass is 416 g/mol. The molecule has 3 rings (SSSR count). The number of piperazine rings is 1. The van der Waals surface area contributed by atoms with Crippen LogP contribution in [-0.4, -0.2) is 65.8 Å². The molecule has 1 aromatic carbocycles. The van der Waals surface area contributed by atoms with Gasteiger partial charge in [0.15, 0.2) is 5.13 Å². The van der Waals surface area contributed by atoms with E-state index in [1.54, 1.807) is 16.9 Å². The number of methoxy groups -OCH3 is 1. The van der Waals surface area contributed by atoms with E-state index in [-0.39, 0.29) is 30.6 Å². The zero-order valence-corrected chi connectivity index (χ0v) is 17.3. The number of hydrogen-bond donors (Lipinski definition) is 1. The zero-order chi connectivity index (χ0) is 20.8. The summed E-state index contributed by atoms with van der Waals surface area (Å²) in [6, 6.07) is 7.53. The molecule has 1 saturated heterocycles. The van der Waals surface area contributed by atoms with E-state index in [2.05, 4.69) is 10.3 Å². The number of nitrogens with one attached hydrogen (secondary N) is 1. The fraction of sp³-hybridized carbons (Fsp3) is 0.400. The molecule has 2 heterocycles. The highest BCUT2D eigenvalue weighted by atomic mass is 32.1. The molecule has 0 atom stereocenters. The molecule has 0 saturated carbocycles. The Morgan fingerprint density at radius 2 is 1.72 bits per heavy atom. The van der Waals surface area contributed by atoms with Crippen LogP contribution in [-0.2, 0) is 14.4 Å².